The molecular weight excluding hydrogens is 252 g/mol. The van der Waals surface area contributed by atoms with Crippen molar-refractivity contribution < 1.29 is 0 Å². The van der Waals surface area contributed by atoms with Gasteiger partial charge in [-0.25, -0.2) is 4.68 Å². The van der Waals surface area contributed by atoms with Crippen LogP contribution >= 0.6 is 0 Å². The van der Waals surface area contributed by atoms with E-state index in [9.17, 15) is 4.79 Å². The van der Waals surface area contributed by atoms with Crippen LogP contribution in [0.2, 0.25) is 0 Å². The van der Waals surface area contributed by atoms with E-state index in [1.807, 2.05) is 6.20 Å². The van der Waals surface area contributed by atoms with Crippen molar-refractivity contribution >= 4 is 5.69 Å². The van der Waals surface area contributed by atoms with Gasteiger partial charge < -0.3 is 10.2 Å². The normalized spacial score (nSPS) is 16.6. The third kappa shape index (κ3) is 4.07. The minimum atomic E-state index is -0.000537. The van der Waals surface area contributed by atoms with Crippen molar-refractivity contribution in [2.45, 2.75) is 39.7 Å². The van der Waals surface area contributed by atoms with Crippen LogP contribution in [0.3, 0.4) is 0 Å². The third-order valence-corrected chi connectivity index (χ3v) is 3.93. The van der Waals surface area contributed by atoms with Crippen molar-refractivity contribution in [2.75, 3.05) is 31.1 Å². The fraction of sp³-hybridized carbons (Fsp3) is 0.733. The highest BCUT2D eigenvalue weighted by molar-refractivity contribution is 5.43. The highest BCUT2D eigenvalue weighted by Gasteiger charge is 2.16. The van der Waals surface area contributed by atoms with E-state index in [1.54, 1.807) is 10.7 Å². The maximum Gasteiger partial charge on any atom is 0.268 e. The summed E-state index contributed by atoms with van der Waals surface area (Å²) in [6.45, 7) is 8.90. The molecule has 1 aromatic rings. The van der Waals surface area contributed by atoms with Gasteiger partial charge in [0.1, 0.15) is 0 Å². The second-order valence-electron chi connectivity index (χ2n) is 5.69. The topological polar surface area (TPSA) is 50.2 Å². The molecule has 0 atom stereocenters. The van der Waals surface area contributed by atoms with Gasteiger partial charge in [0.2, 0.25) is 0 Å². The minimum Gasteiger partial charge on any atom is -0.370 e. The molecule has 0 aliphatic carbocycles. The lowest BCUT2D eigenvalue weighted by Crippen LogP contribution is -2.35. The summed E-state index contributed by atoms with van der Waals surface area (Å²) in [6.07, 6.45) is 5.33. The lowest BCUT2D eigenvalue weighted by atomic mass is 9.99. The molecule has 112 valence electrons. The molecular formula is C15H26N4O. The van der Waals surface area contributed by atoms with Gasteiger partial charge in [0.05, 0.1) is 18.4 Å². The standard InChI is InChI=1S/C15H26N4O/c1-3-6-16-7-10-19-15(20)11-14(12-17-19)18-8-4-13(2)5-9-18/h11-13,16H,3-10H2,1-2H3. The Morgan fingerprint density at radius 3 is 2.75 bits per heavy atom. The van der Waals surface area contributed by atoms with Gasteiger partial charge in [-0.05, 0) is 31.7 Å². The molecule has 2 heterocycles. The number of aromatic nitrogens is 2. The summed E-state index contributed by atoms with van der Waals surface area (Å²) in [5, 5.41) is 7.58. The summed E-state index contributed by atoms with van der Waals surface area (Å²) >= 11 is 0. The average molecular weight is 278 g/mol. The van der Waals surface area contributed by atoms with Crippen LogP contribution in [0, 0.1) is 5.92 Å². The molecule has 0 amide bonds. The highest BCUT2D eigenvalue weighted by atomic mass is 16.1. The predicted molar refractivity (Wildman–Crippen MR) is 82.3 cm³/mol. The molecule has 0 unspecified atom stereocenters. The van der Waals surface area contributed by atoms with Crippen LogP contribution in [-0.2, 0) is 6.54 Å². The zero-order valence-corrected chi connectivity index (χ0v) is 12.6. The van der Waals surface area contributed by atoms with Crippen LogP contribution in [0.5, 0.6) is 0 Å². The SMILES string of the molecule is CCCNCCn1ncc(N2CCC(C)CC2)cc1=O. The van der Waals surface area contributed by atoms with E-state index in [0.29, 0.717) is 6.54 Å². The van der Waals surface area contributed by atoms with E-state index in [4.69, 9.17) is 0 Å². The summed E-state index contributed by atoms with van der Waals surface area (Å²) in [5.41, 5.74) is 0.971. The molecule has 0 aromatic carbocycles. The molecule has 0 saturated carbocycles. The second kappa shape index (κ2) is 7.43. The molecule has 0 radical (unpaired) electrons. The Labute approximate surface area is 121 Å². The van der Waals surface area contributed by atoms with Crippen LogP contribution < -0.4 is 15.8 Å². The Balaban J connectivity index is 1.93. The summed E-state index contributed by atoms with van der Waals surface area (Å²) < 4.78 is 1.54. The van der Waals surface area contributed by atoms with Gasteiger partial charge in [0.25, 0.3) is 5.56 Å². The van der Waals surface area contributed by atoms with Gasteiger partial charge in [-0.3, -0.25) is 4.79 Å². The van der Waals surface area contributed by atoms with Crippen molar-refractivity contribution in [1.82, 2.24) is 15.1 Å². The largest absolute Gasteiger partial charge is 0.370 e. The van der Waals surface area contributed by atoms with Crippen LogP contribution in [-0.4, -0.2) is 36.0 Å². The fourth-order valence-electron chi connectivity index (χ4n) is 2.52. The number of piperidine rings is 1. The molecule has 20 heavy (non-hydrogen) atoms. The first kappa shape index (κ1) is 15.0. The number of rotatable bonds is 6. The van der Waals surface area contributed by atoms with Crippen LogP contribution in [0.25, 0.3) is 0 Å². The number of nitrogens with zero attached hydrogens (tertiary/aromatic N) is 3. The number of hydrogen-bond acceptors (Lipinski definition) is 4. The van der Waals surface area contributed by atoms with Crippen LogP contribution in [0.4, 0.5) is 5.69 Å². The molecule has 1 aromatic heterocycles. The van der Waals surface area contributed by atoms with E-state index < -0.39 is 0 Å². The van der Waals surface area contributed by atoms with E-state index in [1.165, 1.54) is 12.8 Å². The maximum absolute atomic E-state index is 12.1. The van der Waals surface area contributed by atoms with Gasteiger partial charge in [0.15, 0.2) is 0 Å². The smallest absolute Gasteiger partial charge is 0.268 e. The predicted octanol–water partition coefficient (Wildman–Crippen LogP) is 1.48. The van der Waals surface area contributed by atoms with E-state index in [-0.39, 0.29) is 5.56 Å². The first-order chi connectivity index (χ1) is 9.70. The molecule has 1 aliphatic heterocycles. The summed E-state index contributed by atoms with van der Waals surface area (Å²) in [6, 6.07) is 1.73. The first-order valence-corrected chi connectivity index (χ1v) is 7.73. The first-order valence-electron chi connectivity index (χ1n) is 7.73. The number of nitrogens with one attached hydrogen (secondary N) is 1. The molecule has 1 aliphatic rings. The summed E-state index contributed by atoms with van der Waals surface area (Å²) in [4.78, 5) is 14.3. The van der Waals surface area contributed by atoms with E-state index >= 15 is 0 Å². The Kier molecular flexibility index (Phi) is 5.59. The molecule has 5 heteroatoms. The van der Waals surface area contributed by atoms with Gasteiger partial charge in [0, 0.05) is 25.7 Å². The molecule has 5 nitrogen and oxygen atoms in total. The fourth-order valence-corrected chi connectivity index (χ4v) is 2.52. The van der Waals surface area contributed by atoms with E-state index in [2.05, 4.69) is 29.2 Å². The monoisotopic (exact) mass is 278 g/mol. The second-order valence-corrected chi connectivity index (χ2v) is 5.69. The molecule has 0 spiro atoms. The zero-order valence-electron chi connectivity index (χ0n) is 12.6. The summed E-state index contributed by atoms with van der Waals surface area (Å²) in [7, 11) is 0. The molecule has 1 fully saturated rings. The van der Waals surface area contributed by atoms with Gasteiger partial charge in [-0.1, -0.05) is 13.8 Å². The Morgan fingerprint density at radius 1 is 1.35 bits per heavy atom. The summed E-state index contributed by atoms with van der Waals surface area (Å²) in [5.74, 6) is 0.796. The van der Waals surface area contributed by atoms with Crippen LogP contribution in [0.1, 0.15) is 33.1 Å². The van der Waals surface area contributed by atoms with Crippen molar-refractivity contribution in [1.29, 1.82) is 0 Å². The zero-order chi connectivity index (χ0) is 14.4. The Hall–Kier alpha value is -1.36. The Morgan fingerprint density at radius 2 is 2.10 bits per heavy atom. The van der Waals surface area contributed by atoms with Gasteiger partial charge in [-0.15, -0.1) is 0 Å². The number of hydrogen-bond donors (Lipinski definition) is 1. The van der Waals surface area contributed by atoms with Crippen LogP contribution in [0.15, 0.2) is 17.1 Å². The van der Waals surface area contributed by atoms with Gasteiger partial charge in [-0.2, -0.15) is 5.10 Å². The molecule has 1 N–H and O–H groups in total. The van der Waals surface area contributed by atoms with Crippen molar-refractivity contribution in [3.63, 3.8) is 0 Å². The quantitative estimate of drug-likeness (QED) is 0.801. The molecule has 1 saturated heterocycles. The van der Waals surface area contributed by atoms with Crippen molar-refractivity contribution in [2.24, 2.45) is 5.92 Å². The lowest BCUT2D eigenvalue weighted by molar-refractivity contribution is 0.437. The minimum absolute atomic E-state index is 0.000537. The third-order valence-electron chi connectivity index (χ3n) is 3.93. The maximum atomic E-state index is 12.1. The average Bonchev–Trinajstić information content (AvgIpc) is 2.46. The lowest BCUT2D eigenvalue weighted by Gasteiger charge is -2.31. The molecule has 0 bridgehead atoms. The van der Waals surface area contributed by atoms with E-state index in [0.717, 1.165) is 44.2 Å². The molecule has 2 rings (SSSR count). The van der Waals surface area contributed by atoms with Gasteiger partial charge >= 0.3 is 0 Å². The number of anilines is 1. The highest BCUT2D eigenvalue weighted by Crippen LogP contribution is 2.20. The Bertz CT molecular complexity index is 463. The van der Waals surface area contributed by atoms with Crippen molar-refractivity contribution in [3.05, 3.63) is 22.6 Å². The van der Waals surface area contributed by atoms with Crippen molar-refractivity contribution in [3.8, 4) is 0 Å².